The van der Waals surface area contributed by atoms with Crippen molar-refractivity contribution in [3.63, 3.8) is 0 Å². The minimum absolute atomic E-state index is 0.132. The molecule has 0 atom stereocenters. The van der Waals surface area contributed by atoms with Crippen LogP contribution < -0.4 is 5.32 Å². The standard InChI is InChI=1S/C12H15N3O/c1-15-11-5-3-2-4-10(11)14-12(15)13-8-6-9(16)7-8/h2-5,8-9,16H,6-7H2,1H3,(H,13,14). The van der Waals surface area contributed by atoms with Gasteiger partial charge in [-0.2, -0.15) is 0 Å². The molecule has 16 heavy (non-hydrogen) atoms. The van der Waals surface area contributed by atoms with Crippen LogP contribution in [0, 0.1) is 0 Å². The summed E-state index contributed by atoms with van der Waals surface area (Å²) >= 11 is 0. The summed E-state index contributed by atoms with van der Waals surface area (Å²) in [6.07, 6.45) is 1.51. The van der Waals surface area contributed by atoms with Crippen LogP contribution in [-0.4, -0.2) is 26.8 Å². The molecule has 1 aliphatic carbocycles. The molecule has 0 bridgehead atoms. The predicted molar refractivity (Wildman–Crippen MR) is 63.4 cm³/mol. The zero-order valence-electron chi connectivity index (χ0n) is 9.22. The Morgan fingerprint density at radius 2 is 2.12 bits per heavy atom. The van der Waals surface area contributed by atoms with Crippen LogP contribution in [0.3, 0.4) is 0 Å². The third-order valence-corrected chi connectivity index (χ3v) is 3.23. The van der Waals surface area contributed by atoms with Crippen molar-refractivity contribution < 1.29 is 5.11 Å². The van der Waals surface area contributed by atoms with E-state index >= 15 is 0 Å². The number of nitrogens with one attached hydrogen (secondary N) is 1. The van der Waals surface area contributed by atoms with Crippen LogP contribution in [0.25, 0.3) is 11.0 Å². The predicted octanol–water partition coefficient (Wildman–Crippen LogP) is 1.51. The number of aryl methyl sites for hydroxylation is 1. The molecule has 1 saturated carbocycles. The number of rotatable bonds is 2. The molecule has 0 amide bonds. The van der Waals surface area contributed by atoms with Crippen LogP contribution in [-0.2, 0) is 7.05 Å². The molecule has 2 N–H and O–H groups in total. The van der Waals surface area contributed by atoms with E-state index in [0.717, 1.165) is 29.8 Å². The summed E-state index contributed by atoms with van der Waals surface area (Å²) in [6, 6.07) is 8.44. The van der Waals surface area contributed by atoms with E-state index in [1.165, 1.54) is 0 Å². The van der Waals surface area contributed by atoms with Gasteiger partial charge in [-0.25, -0.2) is 4.98 Å². The highest BCUT2D eigenvalue weighted by atomic mass is 16.3. The second-order valence-electron chi connectivity index (χ2n) is 4.45. The Hall–Kier alpha value is -1.55. The molecule has 4 heteroatoms. The molecule has 0 saturated heterocycles. The topological polar surface area (TPSA) is 50.1 Å². The number of imidazole rings is 1. The lowest BCUT2D eigenvalue weighted by molar-refractivity contribution is 0.0833. The number of aromatic nitrogens is 2. The molecule has 1 aliphatic rings. The second kappa shape index (κ2) is 3.49. The monoisotopic (exact) mass is 217 g/mol. The van der Waals surface area contributed by atoms with Crippen molar-refractivity contribution in [1.29, 1.82) is 0 Å². The first-order valence-corrected chi connectivity index (χ1v) is 5.60. The molecule has 1 aromatic heterocycles. The summed E-state index contributed by atoms with van der Waals surface area (Å²) in [6.45, 7) is 0. The number of aliphatic hydroxyl groups excluding tert-OH is 1. The molecule has 1 heterocycles. The third kappa shape index (κ3) is 1.46. The van der Waals surface area contributed by atoms with Gasteiger partial charge in [0.2, 0.25) is 5.95 Å². The lowest BCUT2D eigenvalue weighted by Gasteiger charge is -2.32. The summed E-state index contributed by atoms with van der Waals surface area (Å²) < 4.78 is 2.06. The zero-order valence-corrected chi connectivity index (χ0v) is 9.22. The Morgan fingerprint density at radius 3 is 2.81 bits per heavy atom. The Morgan fingerprint density at radius 1 is 1.38 bits per heavy atom. The highest BCUT2D eigenvalue weighted by Crippen LogP contribution is 2.25. The number of hydrogen-bond acceptors (Lipinski definition) is 3. The van der Waals surface area contributed by atoms with Crippen molar-refractivity contribution in [1.82, 2.24) is 9.55 Å². The van der Waals surface area contributed by atoms with Gasteiger partial charge in [0.05, 0.1) is 17.1 Å². The van der Waals surface area contributed by atoms with Gasteiger partial charge < -0.3 is 15.0 Å². The maximum Gasteiger partial charge on any atom is 0.203 e. The lowest BCUT2D eigenvalue weighted by Crippen LogP contribution is -2.39. The molecule has 1 fully saturated rings. The van der Waals surface area contributed by atoms with Crippen molar-refractivity contribution in [2.45, 2.75) is 25.0 Å². The molecule has 0 spiro atoms. The van der Waals surface area contributed by atoms with Crippen LogP contribution in [0.4, 0.5) is 5.95 Å². The number of benzene rings is 1. The van der Waals surface area contributed by atoms with Crippen LogP contribution >= 0.6 is 0 Å². The molecule has 0 unspecified atom stereocenters. The second-order valence-corrected chi connectivity index (χ2v) is 4.45. The van der Waals surface area contributed by atoms with Gasteiger partial charge >= 0.3 is 0 Å². The van der Waals surface area contributed by atoms with Gasteiger partial charge in [-0.15, -0.1) is 0 Å². The van der Waals surface area contributed by atoms with E-state index in [-0.39, 0.29) is 6.10 Å². The summed E-state index contributed by atoms with van der Waals surface area (Å²) in [5.41, 5.74) is 2.14. The normalized spacial score (nSPS) is 24.4. The molecular weight excluding hydrogens is 202 g/mol. The average Bonchev–Trinajstić information content (AvgIpc) is 2.55. The number of aliphatic hydroxyl groups is 1. The maximum atomic E-state index is 9.24. The van der Waals surface area contributed by atoms with E-state index in [0.29, 0.717) is 6.04 Å². The molecule has 0 radical (unpaired) electrons. The van der Waals surface area contributed by atoms with E-state index in [1.807, 2.05) is 25.2 Å². The minimum Gasteiger partial charge on any atom is -0.393 e. The average molecular weight is 217 g/mol. The zero-order chi connectivity index (χ0) is 11.1. The van der Waals surface area contributed by atoms with Gasteiger partial charge in [0.15, 0.2) is 0 Å². The number of hydrogen-bond donors (Lipinski definition) is 2. The van der Waals surface area contributed by atoms with Gasteiger partial charge in [-0.05, 0) is 25.0 Å². The Labute approximate surface area is 93.9 Å². The van der Waals surface area contributed by atoms with Gasteiger partial charge in [-0.3, -0.25) is 0 Å². The Bertz CT molecular complexity index is 514. The molecule has 2 aromatic rings. The van der Waals surface area contributed by atoms with E-state index in [2.05, 4.69) is 20.9 Å². The largest absolute Gasteiger partial charge is 0.393 e. The highest BCUT2D eigenvalue weighted by Gasteiger charge is 2.27. The number of nitrogens with zero attached hydrogens (tertiary/aromatic N) is 2. The smallest absolute Gasteiger partial charge is 0.203 e. The highest BCUT2D eigenvalue weighted by molar-refractivity contribution is 5.78. The fourth-order valence-electron chi connectivity index (χ4n) is 2.16. The Kier molecular flexibility index (Phi) is 2.11. The Balaban J connectivity index is 1.89. The van der Waals surface area contributed by atoms with Crippen molar-refractivity contribution in [3.8, 4) is 0 Å². The van der Waals surface area contributed by atoms with E-state index < -0.39 is 0 Å². The maximum absolute atomic E-state index is 9.24. The molecule has 4 nitrogen and oxygen atoms in total. The van der Waals surface area contributed by atoms with E-state index in [9.17, 15) is 5.11 Å². The summed E-state index contributed by atoms with van der Waals surface area (Å²) in [5.74, 6) is 0.887. The van der Waals surface area contributed by atoms with Crippen LogP contribution in [0.1, 0.15) is 12.8 Å². The lowest BCUT2D eigenvalue weighted by atomic mass is 9.90. The van der Waals surface area contributed by atoms with Crippen LogP contribution in [0.15, 0.2) is 24.3 Å². The van der Waals surface area contributed by atoms with Gasteiger partial charge in [-0.1, -0.05) is 12.1 Å². The fourth-order valence-corrected chi connectivity index (χ4v) is 2.16. The minimum atomic E-state index is -0.132. The molecular formula is C12H15N3O. The number of para-hydroxylation sites is 2. The first kappa shape index (κ1) is 9.66. The van der Waals surface area contributed by atoms with E-state index in [1.54, 1.807) is 0 Å². The summed E-state index contributed by atoms with van der Waals surface area (Å²) in [4.78, 5) is 4.53. The van der Waals surface area contributed by atoms with Gasteiger partial charge in [0.25, 0.3) is 0 Å². The first-order chi connectivity index (χ1) is 7.74. The number of fused-ring (bicyclic) bond motifs is 1. The molecule has 84 valence electrons. The van der Waals surface area contributed by atoms with Crippen LogP contribution in [0.5, 0.6) is 0 Å². The van der Waals surface area contributed by atoms with Crippen molar-refractivity contribution in [2.75, 3.05) is 5.32 Å². The molecule has 1 aromatic carbocycles. The molecule has 3 rings (SSSR count). The van der Waals surface area contributed by atoms with Gasteiger partial charge in [0, 0.05) is 13.1 Å². The van der Waals surface area contributed by atoms with E-state index in [4.69, 9.17) is 0 Å². The van der Waals surface area contributed by atoms with Crippen LogP contribution in [0.2, 0.25) is 0 Å². The fraction of sp³-hybridized carbons (Fsp3) is 0.417. The third-order valence-electron chi connectivity index (χ3n) is 3.23. The van der Waals surface area contributed by atoms with Gasteiger partial charge in [0.1, 0.15) is 0 Å². The van der Waals surface area contributed by atoms with Crippen molar-refractivity contribution in [3.05, 3.63) is 24.3 Å². The first-order valence-electron chi connectivity index (χ1n) is 5.60. The molecule has 0 aliphatic heterocycles. The van der Waals surface area contributed by atoms with Crippen molar-refractivity contribution >= 4 is 17.0 Å². The SMILES string of the molecule is Cn1c(NC2CC(O)C2)nc2ccccc21. The quantitative estimate of drug-likeness (QED) is 0.801. The van der Waals surface area contributed by atoms with Crippen molar-refractivity contribution in [2.24, 2.45) is 7.05 Å². The summed E-state index contributed by atoms with van der Waals surface area (Å²) in [7, 11) is 2.01. The summed E-state index contributed by atoms with van der Waals surface area (Å²) in [5, 5.41) is 12.6. The number of anilines is 1.